The minimum absolute atomic E-state index is 0.131. The zero-order valence-corrected chi connectivity index (χ0v) is 27.6. The number of furan rings is 2. The average Bonchev–Trinajstić information content (AvgIpc) is 3.75. The van der Waals surface area contributed by atoms with Crippen molar-refractivity contribution in [2.45, 2.75) is 0 Å². The van der Waals surface area contributed by atoms with Crippen molar-refractivity contribution in [2.75, 3.05) is 0 Å². The summed E-state index contributed by atoms with van der Waals surface area (Å²) in [5.74, 6) is 0.997. The van der Waals surface area contributed by atoms with Gasteiger partial charge in [0, 0.05) is 43.6 Å². The Morgan fingerprint density at radius 3 is 1.76 bits per heavy atom. The summed E-state index contributed by atoms with van der Waals surface area (Å²) in [7, 11) is 0. The summed E-state index contributed by atoms with van der Waals surface area (Å²) in [4.78, 5) is 14.2. The van der Waals surface area contributed by atoms with E-state index in [1.54, 1.807) is 0 Å². The van der Waals surface area contributed by atoms with Crippen molar-refractivity contribution >= 4 is 87.8 Å². The zero-order valence-electron chi connectivity index (χ0n) is 26.9. The van der Waals surface area contributed by atoms with Gasteiger partial charge in [0.15, 0.2) is 11.6 Å². The van der Waals surface area contributed by atoms with Gasteiger partial charge in [-0.1, -0.05) is 115 Å². The Morgan fingerprint density at radius 1 is 0.373 bits per heavy atom. The monoisotopic (exact) mass is 673 g/mol. The first-order valence-electron chi connectivity index (χ1n) is 16.8. The highest BCUT2D eigenvalue weighted by Crippen LogP contribution is 2.41. The topological polar surface area (TPSA) is 65.0 Å². The maximum absolute atomic E-state index is 6.65. The molecule has 0 aliphatic rings. The lowest BCUT2D eigenvalue weighted by Crippen LogP contribution is -1.98. The standard InChI is InChI=1S/C45H24ClN3O2/c46-45-48-43(47-44(49-45)36-17-8-15-34-30-10-2-1-9-28(30)29-11-3-4-13-33(29)41(34)36)26-19-21-32-37-23-25(20-22-39(37)50-40(32)24-26)27-14-7-16-35-31-12-5-6-18-38(31)51-42(27)35/h1-24H. The molecule has 0 radical (unpaired) electrons. The molecule has 238 valence electrons. The summed E-state index contributed by atoms with van der Waals surface area (Å²) in [6, 6.07) is 50.1. The van der Waals surface area contributed by atoms with E-state index in [-0.39, 0.29) is 5.28 Å². The van der Waals surface area contributed by atoms with Crippen molar-refractivity contribution < 1.29 is 8.83 Å². The molecule has 0 amide bonds. The number of fused-ring (bicyclic) bond motifs is 12. The van der Waals surface area contributed by atoms with Crippen molar-refractivity contribution in [2.24, 2.45) is 0 Å². The average molecular weight is 674 g/mol. The largest absolute Gasteiger partial charge is 0.456 e. The quantitative estimate of drug-likeness (QED) is 0.175. The highest BCUT2D eigenvalue weighted by atomic mass is 35.5. The number of hydrogen-bond donors (Lipinski definition) is 0. The van der Waals surface area contributed by atoms with E-state index in [1.165, 1.54) is 16.2 Å². The second kappa shape index (κ2) is 10.7. The molecule has 8 aromatic carbocycles. The molecular weight excluding hydrogens is 650 g/mol. The minimum Gasteiger partial charge on any atom is -0.456 e. The van der Waals surface area contributed by atoms with Crippen LogP contribution in [0.1, 0.15) is 0 Å². The number of para-hydroxylation sites is 2. The molecule has 0 spiro atoms. The fourth-order valence-electron chi connectivity index (χ4n) is 7.80. The van der Waals surface area contributed by atoms with Crippen LogP contribution in [0.2, 0.25) is 5.28 Å². The van der Waals surface area contributed by atoms with E-state index >= 15 is 0 Å². The van der Waals surface area contributed by atoms with E-state index in [0.29, 0.717) is 11.6 Å². The summed E-state index contributed by atoms with van der Waals surface area (Å²) in [6.45, 7) is 0. The van der Waals surface area contributed by atoms with Crippen LogP contribution in [-0.4, -0.2) is 15.0 Å². The molecular formula is C45H24ClN3O2. The third-order valence-electron chi connectivity index (χ3n) is 10.1. The smallest absolute Gasteiger partial charge is 0.226 e. The molecule has 0 bridgehead atoms. The molecule has 11 aromatic rings. The second-order valence-electron chi connectivity index (χ2n) is 12.9. The van der Waals surface area contributed by atoms with Crippen LogP contribution >= 0.6 is 11.6 Å². The van der Waals surface area contributed by atoms with Gasteiger partial charge in [0.05, 0.1) is 0 Å². The lowest BCUT2D eigenvalue weighted by molar-refractivity contribution is 0.668. The SMILES string of the molecule is Clc1nc(-c2ccc3c(c2)oc2ccc(-c4cccc5c4oc4ccccc45)cc23)nc(-c2cccc3c4ccccc4c4ccccc4c23)n1. The maximum atomic E-state index is 6.65. The van der Waals surface area contributed by atoms with Gasteiger partial charge in [0.1, 0.15) is 22.3 Å². The molecule has 0 aliphatic heterocycles. The van der Waals surface area contributed by atoms with Gasteiger partial charge in [0.25, 0.3) is 0 Å². The van der Waals surface area contributed by atoms with Gasteiger partial charge in [-0.3, -0.25) is 0 Å². The fourth-order valence-corrected chi connectivity index (χ4v) is 7.96. The van der Waals surface area contributed by atoms with Crippen molar-refractivity contribution in [3.63, 3.8) is 0 Å². The predicted molar refractivity (Wildman–Crippen MR) is 208 cm³/mol. The molecule has 0 unspecified atom stereocenters. The van der Waals surface area contributed by atoms with Crippen LogP contribution in [0, 0.1) is 0 Å². The van der Waals surface area contributed by atoms with Gasteiger partial charge < -0.3 is 8.83 Å². The van der Waals surface area contributed by atoms with Gasteiger partial charge >= 0.3 is 0 Å². The van der Waals surface area contributed by atoms with E-state index in [1.807, 2.05) is 36.4 Å². The molecule has 51 heavy (non-hydrogen) atoms. The van der Waals surface area contributed by atoms with Crippen molar-refractivity contribution in [1.29, 1.82) is 0 Å². The van der Waals surface area contributed by atoms with Gasteiger partial charge in [-0.25, -0.2) is 4.98 Å². The number of benzene rings is 8. The van der Waals surface area contributed by atoms with Crippen LogP contribution in [0.15, 0.2) is 154 Å². The summed E-state index contributed by atoms with van der Waals surface area (Å²) in [5, 5.41) is 11.3. The Bertz CT molecular complexity index is 3190. The Hall–Kier alpha value is -6.56. The van der Waals surface area contributed by atoms with Gasteiger partial charge in [-0.05, 0) is 74.4 Å². The van der Waals surface area contributed by atoms with Crippen LogP contribution < -0.4 is 0 Å². The lowest BCUT2D eigenvalue weighted by atomic mass is 9.91. The Kier molecular flexibility index (Phi) is 5.95. The van der Waals surface area contributed by atoms with Crippen LogP contribution in [0.25, 0.3) is 110 Å². The first-order chi connectivity index (χ1) is 25.2. The van der Waals surface area contributed by atoms with E-state index < -0.39 is 0 Å². The van der Waals surface area contributed by atoms with E-state index in [9.17, 15) is 0 Å². The van der Waals surface area contributed by atoms with Crippen LogP contribution in [0.4, 0.5) is 0 Å². The van der Waals surface area contributed by atoms with Gasteiger partial charge in [-0.15, -0.1) is 0 Å². The lowest BCUT2D eigenvalue weighted by Gasteiger charge is -2.14. The molecule has 0 atom stereocenters. The van der Waals surface area contributed by atoms with Crippen molar-refractivity contribution in [3.05, 3.63) is 151 Å². The van der Waals surface area contributed by atoms with Gasteiger partial charge in [-0.2, -0.15) is 9.97 Å². The zero-order chi connectivity index (χ0) is 33.6. The first-order valence-corrected chi connectivity index (χ1v) is 17.2. The highest BCUT2D eigenvalue weighted by Gasteiger charge is 2.18. The predicted octanol–water partition coefficient (Wildman–Crippen LogP) is 12.8. The highest BCUT2D eigenvalue weighted by molar-refractivity contribution is 6.29. The molecule has 3 heterocycles. The van der Waals surface area contributed by atoms with Crippen molar-refractivity contribution in [3.8, 4) is 33.9 Å². The molecule has 0 fully saturated rings. The number of rotatable bonds is 3. The fraction of sp³-hybridized carbons (Fsp3) is 0. The number of halogens is 1. The molecule has 5 nitrogen and oxygen atoms in total. The third-order valence-corrected chi connectivity index (χ3v) is 10.2. The Morgan fingerprint density at radius 2 is 0.961 bits per heavy atom. The van der Waals surface area contributed by atoms with E-state index in [4.69, 9.17) is 25.4 Å². The van der Waals surface area contributed by atoms with Gasteiger partial charge in [0.2, 0.25) is 5.28 Å². The summed E-state index contributed by atoms with van der Waals surface area (Å²) in [5.41, 5.74) is 7.08. The van der Waals surface area contributed by atoms with E-state index in [2.05, 4.69) is 119 Å². The summed E-state index contributed by atoms with van der Waals surface area (Å²) in [6.07, 6.45) is 0. The summed E-state index contributed by atoms with van der Waals surface area (Å²) < 4.78 is 12.8. The van der Waals surface area contributed by atoms with Crippen molar-refractivity contribution in [1.82, 2.24) is 15.0 Å². The molecule has 0 N–H and O–H groups in total. The first kappa shape index (κ1) is 28.3. The minimum atomic E-state index is 0.131. The molecule has 0 saturated heterocycles. The summed E-state index contributed by atoms with van der Waals surface area (Å²) >= 11 is 6.65. The molecule has 6 heteroatoms. The Labute approximate surface area is 295 Å². The molecule has 11 rings (SSSR count). The number of aromatic nitrogens is 3. The maximum Gasteiger partial charge on any atom is 0.226 e. The Balaban J connectivity index is 1.05. The van der Waals surface area contributed by atoms with Crippen LogP contribution in [0.3, 0.4) is 0 Å². The second-order valence-corrected chi connectivity index (χ2v) is 13.2. The van der Waals surface area contributed by atoms with Crippen LogP contribution in [-0.2, 0) is 0 Å². The number of hydrogen-bond acceptors (Lipinski definition) is 5. The molecule has 0 aliphatic carbocycles. The number of nitrogens with zero attached hydrogens (tertiary/aromatic N) is 3. The third kappa shape index (κ3) is 4.25. The normalized spacial score (nSPS) is 12.0. The van der Waals surface area contributed by atoms with E-state index in [0.717, 1.165) is 82.3 Å². The van der Waals surface area contributed by atoms with Crippen LogP contribution in [0.5, 0.6) is 0 Å². The molecule has 0 saturated carbocycles. The molecule has 3 aromatic heterocycles.